The van der Waals surface area contributed by atoms with Crippen molar-refractivity contribution in [1.29, 1.82) is 0 Å². The van der Waals surface area contributed by atoms with Crippen LogP contribution in [0.2, 0.25) is 0 Å². The highest BCUT2D eigenvalue weighted by molar-refractivity contribution is 7.89. The molecule has 0 radical (unpaired) electrons. The van der Waals surface area contributed by atoms with E-state index in [-0.39, 0.29) is 23.1 Å². The summed E-state index contributed by atoms with van der Waals surface area (Å²) in [6.07, 6.45) is 1.71. The molecule has 0 aliphatic rings. The van der Waals surface area contributed by atoms with Gasteiger partial charge in [-0.1, -0.05) is 12.2 Å². The largest absolute Gasteiger partial charge is 0.393 e. The third-order valence-electron chi connectivity index (χ3n) is 2.25. The molecule has 3 N–H and O–H groups in total. The molecule has 1 rings (SSSR count). The molecule has 0 spiro atoms. The van der Waals surface area contributed by atoms with E-state index in [2.05, 4.69) is 10.2 Å². The standard InChI is InChI=1S/C9H16N4O3S2/c1-16-7-6-13(5-3-8(10)17)18(14,15)9-2-4-11-12-9/h2,4H,3,5-7H2,1H3,(H2,10,17)(H,11,12). The normalized spacial score (nSPS) is 11.9. The van der Waals surface area contributed by atoms with Crippen LogP contribution in [0.5, 0.6) is 0 Å². The van der Waals surface area contributed by atoms with E-state index in [1.807, 2.05) is 0 Å². The van der Waals surface area contributed by atoms with Crippen molar-refractivity contribution in [2.45, 2.75) is 11.4 Å². The van der Waals surface area contributed by atoms with Gasteiger partial charge in [0.2, 0.25) is 0 Å². The summed E-state index contributed by atoms with van der Waals surface area (Å²) in [6.45, 7) is 0.755. The van der Waals surface area contributed by atoms with Crippen LogP contribution in [-0.2, 0) is 14.8 Å². The highest BCUT2D eigenvalue weighted by Crippen LogP contribution is 2.12. The molecule has 7 nitrogen and oxygen atoms in total. The minimum absolute atomic E-state index is 0.0431. The van der Waals surface area contributed by atoms with Gasteiger partial charge in [0.25, 0.3) is 10.0 Å². The van der Waals surface area contributed by atoms with Crippen LogP contribution in [0.4, 0.5) is 0 Å². The maximum absolute atomic E-state index is 12.2. The summed E-state index contributed by atoms with van der Waals surface area (Å²) in [5, 5.41) is 6.11. The summed E-state index contributed by atoms with van der Waals surface area (Å²) in [6, 6.07) is 1.40. The number of methoxy groups -OCH3 is 1. The minimum atomic E-state index is -3.61. The number of aromatic nitrogens is 2. The van der Waals surface area contributed by atoms with Crippen molar-refractivity contribution in [3.63, 3.8) is 0 Å². The highest BCUT2D eigenvalue weighted by atomic mass is 32.2. The molecule has 0 fully saturated rings. The van der Waals surface area contributed by atoms with Crippen LogP contribution in [0.15, 0.2) is 17.3 Å². The number of hydrogen-bond donors (Lipinski definition) is 2. The smallest absolute Gasteiger partial charge is 0.260 e. The monoisotopic (exact) mass is 292 g/mol. The Kier molecular flexibility index (Phi) is 5.66. The zero-order valence-electron chi connectivity index (χ0n) is 10.00. The van der Waals surface area contributed by atoms with Crippen LogP contribution in [0, 0.1) is 0 Å². The number of ether oxygens (including phenoxy) is 1. The molecule has 9 heteroatoms. The first-order chi connectivity index (χ1) is 8.48. The number of aromatic amines is 1. The molecule has 0 unspecified atom stereocenters. The van der Waals surface area contributed by atoms with E-state index >= 15 is 0 Å². The molecule has 1 aromatic rings. The van der Waals surface area contributed by atoms with Crippen molar-refractivity contribution in [2.75, 3.05) is 26.8 Å². The Morgan fingerprint density at radius 3 is 2.83 bits per heavy atom. The van der Waals surface area contributed by atoms with Crippen molar-refractivity contribution in [3.05, 3.63) is 12.3 Å². The van der Waals surface area contributed by atoms with Gasteiger partial charge >= 0.3 is 0 Å². The lowest BCUT2D eigenvalue weighted by Crippen LogP contribution is -2.36. The minimum Gasteiger partial charge on any atom is -0.393 e. The fourth-order valence-corrected chi connectivity index (χ4v) is 2.72. The molecule has 0 saturated carbocycles. The lowest BCUT2D eigenvalue weighted by molar-refractivity contribution is 0.179. The lowest BCUT2D eigenvalue weighted by Gasteiger charge is -2.20. The summed E-state index contributed by atoms with van der Waals surface area (Å²) in [5.74, 6) is 0. The third kappa shape index (κ3) is 4.02. The molecule has 0 aromatic carbocycles. The van der Waals surface area contributed by atoms with Crippen LogP contribution in [0.1, 0.15) is 6.42 Å². The molecule has 0 bridgehead atoms. The van der Waals surface area contributed by atoms with Gasteiger partial charge in [0, 0.05) is 26.6 Å². The van der Waals surface area contributed by atoms with Crippen molar-refractivity contribution in [3.8, 4) is 0 Å². The zero-order chi connectivity index (χ0) is 13.6. The van der Waals surface area contributed by atoms with E-state index in [9.17, 15) is 8.42 Å². The number of nitrogens with zero attached hydrogens (tertiary/aromatic N) is 2. The van der Waals surface area contributed by atoms with E-state index in [4.69, 9.17) is 22.7 Å². The lowest BCUT2D eigenvalue weighted by atomic mass is 10.4. The second-order valence-electron chi connectivity index (χ2n) is 3.53. The topological polar surface area (TPSA) is 101 Å². The summed E-state index contributed by atoms with van der Waals surface area (Å²) < 4.78 is 30.6. The summed E-state index contributed by atoms with van der Waals surface area (Å²) >= 11 is 4.75. The molecule has 0 aliphatic carbocycles. The second kappa shape index (κ2) is 6.78. The summed E-state index contributed by atoms with van der Waals surface area (Å²) in [5.41, 5.74) is 5.39. The van der Waals surface area contributed by atoms with Crippen molar-refractivity contribution >= 4 is 27.2 Å². The molecule has 1 aromatic heterocycles. The van der Waals surface area contributed by atoms with Crippen molar-refractivity contribution in [2.24, 2.45) is 5.73 Å². The number of rotatable bonds is 8. The third-order valence-corrected chi connectivity index (χ3v) is 4.28. The van der Waals surface area contributed by atoms with Crippen molar-refractivity contribution < 1.29 is 13.2 Å². The quantitative estimate of drug-likeness (QED) is 0.639. The Balaban J connectivity index is 2.84. The van der Waals surface area contributed by atoms with Gasteiger partial charge in [-0.3, -0.25) is 5.10 Å². The van der Waals surface area contributed by atoms with Crippen LogP contribution in [0.3, 0.4) is 0 Å². The number of hydrogen-bond acceptors (Lipinski definition) is 5. The maximum atomic E-state index is 12.2. The second-order valence-corrected chi connectivity index (χ2v) is 5.96. The molecular weight excluding hydrogens is 276 g/mol. The van der Waals surface area contributed by atoms with E-state index in [0.29, 0.717) is 13.0 Å². The van der Waals surface area contributed by atoms with Gasteiger partial charge in [0.15, 0.2) is 5.03 Å². The van der Waals surface area contributed by atoms with E-state index in [0.717, 1.165) is 0 Å². The van der Waals surface area contributed by atoms with Gasteiger partial charge in [-0.25, -0.2) is 8.42 Å². The van der Waals surface area contributed by atoms with E-state index in [1.54, 1.807) is 0 Å². The van der Waals surface area contributed by atoms with Gasteiger partial charge in [-0.05, 0) is 6.07 Å². The highest BCUT2D eigenvalue weighted by Gasteiger charge is 2.25. The van der Waals surface area contributed by atoms with Gasteiger partial charge in [-0.15, -0.1) is 0 Å². The predicted molar refractivity (Wildman–Crippen MR) is 70.6 cm³/mol. The number of H-pyrrole nitrogens is 1. The van der Waals surface area contributed by atoms with E-state index < -0.39 is 10.0 Å². The SMILES string of the molecule is COCCN(CCC(N)=S)S(=O)(=O)c1ccn[nH]1. The average Bonchev–Trinajstić information content (AvgIpc) is 2.82. The van der Waals surface area contributed by atoms with Gasteiger partial charge < -0.3 is 10.5 Å². The van der Waals surface area contributed by atoms with Gasteiger partial charge in [-0.2, -0.15) is 9.40 Å². The first-order valence-corrected chi connectivity index (χ1v) is 7.10. The van der Waals surface area contributed by atoms with Gasteiger partial charge in [0.1, 0.15) is 0 Å². The molecular formula is C9H16N4O3S2. The summed E-state index contributed by atoms with van der Waals surface area (Å²) in [7, 11) is -2.10. The predicted octanol–water partition coefficient (Wildman–Crippen LogP) is -0.277. The van der Waals surface area contributed by atoms with Gasteiger partial charge in [0.05, 0.1) is 17.8 Å². The number of sulfonamides is 1. The number of nitrogens with one attached hydrogen (secondary N) is 1. The summed E-state index contributed by atoms with van der Waals surface area (Å²) in [4.78, 5) is 0.275. The maximum Gasteiger partial charge on any atom is 0.260 e. The first kappa shape index (κ1) is 15.0. The number of thiocarbonyl (C=S) groups is 1. The molecule has 0 atom stereocenters. The molecule has 0 saturated heterocycles. The molecule has 1 heterocycles. The average molecular weight is 292 g/mol. The van der Waals surface area contributed by atoms with E-state index in [1.165, 1.54) is 23.7 Å². The first-order valence-electron chi connectivity index (χ1n) is 5.25. The Morgan fingerprint density at radius 2 is 2.33 bits per heavy atom. The van der Waals surface area contributed by atoms with Crippen molar-refractivity contribution in [1.82, 2.24) is 14.5 Å². The Bertz CT molecular complexity index is 472. The van der Waals surface area contributed by atoms with Crippen LogP contribution < -0.4 is 5.73 Å². The Hall–Kier alpha value is -1.03. The zero-order valence-corrected chi connectivity index (χ0v) is 11.6. The van der Waals surface area contributed by atoms with Crippen LogP contribution in [-0.4, -0.2) is 54.7 Å². The molecule has 18 heavy (non-hydrogen) atoms. The molecule has 0 aliphatic heterocycles. The molecule has 102 valence electrons. The fraction of sp³-hybridized carbons (Fsp3) is 0.556. The Labute approximate surface area is 111 Å². The van der Waals surface area contributed by atoms with Crippen LogP contribution >= 0.6 is 12.2 Å². The van der Waals surface area contributed by atoms with Crippen LogP contribution in [0.25, 0.3) is 0 Å². The fourth-order valence-electron chi connectivity index (χ4n) is 1.31. The molecule has 0 amide bonds. The number of nitrogens with two attached hydrogens (primary N) is 1. The Morgan fingerprint density at radius 1 is 1.61 bits per heavy atom.